The third-order valence-electron chi connectivity index (χ3n) is 3.78. The van der Waals surface area contributed by atoms with Crippen LogP contribution in [0.15, 0.2) is 53.0 Å². The first-order valence-electron chi connectivity index (χ1n) is 7.47. The molecule has 3 heterocycles. The summed E-state index contributed by atoms with van der Waals surface area (Å²) >= 11 is 3.12. The first-order chi connectivity index (χ1) is 12.2. The van der Waals surface area contributed by atoms with Crippen LogP contribution in [-0.4, -0.2) is 21.2 Å². The number of nitrogens with zero attached hydrogens (tertiary/aromatic N) is 3. The maximum Gasteiger partial charge on any atom is 0.162 e. The van der Waals surface area contributed by atoms with Crippen molar-refractivity contribution in [3.8, 4) is 22.6 Å². The maximum atomic E-state index is 13.3. The summed E-state index contributed by atoms with van der Waals surface area (Å²) in [4.78, 5) is 14.4. The Bertz CT molecular complexity index is 1050. The molecule has 0 unspecified atom stereocenters. The Hall–Kier alpha value is -2.51. The predicted molar refractivity (Wildman–Crippen MR) is 102 cm³/mol. The Morgan fingerprint density at radius 2 is 1.88 bits per heavy atom. The second-order valence-corrected chi connectivity index (χ2v) is 7.41. The zero-order chi connectivity index (χ0) is 17.4. The van der Waals surface area contributed by atoms with Gasteiger partial charge in [-0.2, -0.15) is 0 Å². The van der Waals surface area contributed by atoms with Gasteiger partial charge in [-0.05, 0) is 42.7 Å². The molecule has 0 saturated carbocycles. The number of nitrogens with two attached hydrogens (primary N) is 1. The van der Waals surface area contributed by atoms with E-state index in [9.17, 15) is 4.39 Å². The number of thiophene rings is 1. The minimum Gasteiger partial charge on any atom is -0.397 e. The number of fused-ring (bicyclic) bond motifs is 1. The highest BCUT2D eigenvalue weighted by atomic mass is 32.2. The highest BCUT2D eigenvalue weighted by Gasteiger charge is 2.18. The Labute approximate surface area is 152 Å². The molecule has 4 aromatic rings. The monoisotopic (exact) mass is 368 g/mol. The van der Waals surface area contributed by atoms with Crippen LogP contribution in [0.25, 0.3) is 32.9 Å². The molecule has 0 atom stereocenters. The van der Waals surface area contributed by atoms with Crippen LogP contribution in [0.1, 0.15) is 0 Å². The fourth-order valence-corrected chi connectivity index (χ4v) is 4.31. The molecule has 7 heteroatoms. The summed E-state index contributed by atoms with van der Waals surface area (Å²) in [6, 6.07) is 10.0. The first-order valence-corrected chi connectivity index (χ1v) is 9.52. The smallest absolute Gasteiger partial charge is 0.162 e. The van der Waals surface area contributed by atoms with Crippen LogP contribution in [0, 0.1) is 5.82 Å². The summed E-state index contributed by atoms with van der Waals surface area (Å²) in [5.41, 5.74) is 9.33. The largest absolute Gasteiger partial charge is 0.397 e. The van der Waals surface area contributed by atoms with Crippen LogP contribution in [-0.2, 0) is 0 Å². The van der Waals surface area contributed by atoms with Crippen molar-refractivity contribution in [3.63, 3.8) is 0 Å². The Kier molecular flexibility index (Phi) is 4.10. The van der Waals surface area contributed by atoms with Crippen molar-refractivity contribution in [2.45, 2.75) is 4.21 Å². The van der Waals surface area contributed by atoms with Crippen molar-refractivity contribution in [2.24, 2.45) is 0 Å². The summed E-state index contributed by atoms with van der Waals surface area (Å²) in [6.45, 7) is 0. The molecule has 124 valence electrons. The van der Waals surface area contributed by atoms with E-state index in [4.69, 9.17) is 10.7 Å². The number of benzene rings is 1. The molecule has 0 aliphatic carbocycles. The molecular formula is C18H13FN4S2. The van der Waals surface area contributed by atoms with Crippen LogP contribution in [0.4, 0.5) is 10.1 Å². The van der Waals surface area contributed by atoms with Gasteiger partial charge >= 0.3 is 0 Å². The molecule has 3 aromatic heterocycles. The van der Waals surface area contributed by atoms with Gasteiger partial charge in [0, 0.05) is 23.5 Å². The zero-order valence-corrected chi connectivity index (χ0v) is 14.9. The number of hydrogen-bond acceptors (Lipinski definition) is 6. The van der Waals surface area contributed by atoms with E-state index < -0.39 is 0 Å². The molecule has 25 heavy (non-hydrogen) atoms. The van der Waals surface area contributed by atoms with Crippen LogP contribution in [0.3, 0.4) is 0 Å². The number of nitrogen functional groups attached to an aromatic ring is 1. The second-order valence-electron chi connectivity index (χ2n) is 5.33. The number of hydrogen-bond donors (Lipinski definition) is 1. The van der Waals surface area contributed by atoms with E-state index in [-0.39, 0.29) is 5.82 Å². The van der Waals surface area contributed by atoms with Crippen LogP contribution >= 0.6 is 23.1 Å². The molecule has 0 saturated heterocycles. The standard InChI is InChI=1S/C18H13FN4S2/c1-24-18-14(20)13-15(10-4-6-12(19)7-5-10)22-16(23-17(13)25-18)11-3-2-8-21-9-11/h2-9H,20H2,1H3. The lowest BCUT2D eigenvalue weighted by Crippen LogP contribution is -1.95. The molecule has 0 spiro atoms. The Morgan fingerprint density at radius 3 is 2.56 bits per heavy atom. The van der Waals surface area contributed by atoms with Gasteiger partial charge < -0.3 is 5.73 Å². The highest BCUT2D eigenvalue weighted by molar-refractivity contribution is 8.00. The maximum absolute atomic E-state index is 13.3. The summed E-state index contributed by atoms with van der Waals surface area (Å²) in [6.07, 6.45) is 5.41. The van der Waals surface area contributed by atoms with Gasteiger partial charge in [0.15, 0.2) is 5.82 Å². The number of anilines is 1. The molecule has 0 aliphatic rings. The van der Waals surface area contributed by atoms with E-state index >= 15 is 0 Å². The SMILES string of the molecule is CSc1sc2nc(-c3cccnc3)nc(-c3ccc(F)cc3)c2c1N. The van der Waals surface area contributed by atoms with Crippen molar-refractivity contribution < 1.29 is 4.39 Å². The molecule has 0 fully saturated rings. The van der Waals surface area contributed by atoms with Crippen LogP contribution in [0.5, 0.6) is 0 Å². The van der Waals surface area contributed by atoms with E-state index in [2.05, 4.69) is 9.97 Å². The highest BCUT2D eigenvalue weighted by Crippen LogP contribution is 2.43. The molecule has 1 aromatic carbocycles. The van der Waals surface area contributed by atoms with Gasteiger partial charge in [0.2, 0.25) is 0 Å². The summed E-state index contributed by atoms with van der Waals surface area (Å²) in [7, 11) is 0. The van der Waals surface area contributed by atoms with Gasteiger partial charge in [-0.1, -0.05) is 0 Å². The minimum absolute atomic E-state index is 0.287. The van der Waals surface area contributed by atoms with Crippen molar-refractivity contribution >= 4 is 39.0 Å². The van der Waals surface area contributed by atoms with E-state index in [1.165, 1.54) is 23.5 Å². The third kappa shape index (κ3) is 2.85. The molecule has 0 radical (unpaired) electrons. The zero-order valence-electron chi connectivity index (χ0n) is 13.2. The number of pyridine rings is 1. The summed E-state index contributed by atoms with van der Waals surface area (Å²) in [5, 5.41) is 0.814. The Balaban J connectivity index is 2.03. The van der Waals surface area contributed by atoms with Gasteiger partial charge in [-0.15, -0.1) is 23.1 Å². The van der Waals surface area contributed by atoms with Gasteiger partial charge in [-0.3, -0.25) is 4.98 Å². The molecular weight excluding hydrogens is 355 g/mol. The third-order valence-corrected chi connectivity index (χ3v) is 6.01. The van der Waals surface area contributed by atoms with E-state index in [1.807, 2.05) is 18.4 Å². The van der Waals surface area contributed by atoms with Gasteiger partial charge in [0.25, 0.3) is 0 Å². The summed E-state index contributed by atoms with van der Waals surface area (Å²) in [5.74, 6) is 0.290. The molecule has 4 rings (SSSR count). The van der Waals surface area contributed by atoms with Gasteiger partial charge in [0.1, 0.15) is 10.6 Å². The van der Waals surface area contributed by atoms with E-state index in [0.717, 1.165) is 25.6 Å². The average molecular weight is 368 g/mol. The molecule has 2 N–H and O–H groups in total. The van der Waals surface area contributed by atoms with Gasteiger partial charge in [-0.25, -0.2) is 14.4 Å². The van der Waals surface area contributed by atoms with Gasteiger partial charge in [0.05, 0.1) is 21.0 Å². The fraction of sp³-hybridized carbons (Fsp3) is 0.0556. The van der Waals surface area contributed by atoms with E-state index in [0.29, 0.717) is 17.2 Å². The normalized spacial score (nSPS) is 11.1. The summed E-state index contributed by atoms with van der Waals surface area (Å²) < 4.78 is 14.3. The minimum atomic E-state index is -0.287. The fourth-order valence-electron chi connectivity index (χ4n) is 2.59. The molecule has 0 amide bonds. The Morgan fingerprint density at radius 1 is 1.08 bits per heavy atom. The molecule has 4 nitrogen and oxygen atoms in total. The first kappa shape index (κ1) is 16.0. The van der Waals surface area contributed by atoms with Crippen molar-refractivity contribution in [1.29, 1.82) is 0 Å². The van der Waals surface area contributed by atoms with Crippen molar-refractivity contribution in [2.75, 3.05) is 12.0 Å². The molecule has 0 bridgehead atoms. The number of rotatable bonds is 3. The number of aromatic nitrogens is 3. The van der Waals surface area contributed by atoms with E-state index in [1.54, 1.807) is 36.3 Å². The molecule has 0 aliphatic heterocycles. The second kappa shape index (κ2) is 6.42. The average Bonchev–Trinajstić information content (AvgIpc) is 2.98. The lowest BCUT2D eigenvalue weighted by molar-refractivity contribution is 0.628. The lowest BCUT2D eigenvalue weighted by atomic mass is 10.1. The van der Waals surface area contributed by atoms with Crippen molar-refractivity contribution in [3.05, 3.63) is 54.6 Å². The van der Waals surface area contributed by atoms with Crippen LogP contribution < -0.4 is 5.73 Å². The quantitative estimate of drug-likeness (QED) is 0.523. The topological polar surface area (TPSA) is 64.7 Å². The lowest BCUT2D eigenvalue weighted by Gasteiger charge is -2.07. The number of halogens is 1. The number of thioether (sulfide) groups is 1. The van der Waals surface area contributed by atoms with Crippen molar-refractivity contribution in [1.82, 2.24) is 15.0 Å². The predicted octanol–water partition coefficient (Wildman–Crippen LogP) is 4.86. The van der Waals surface area contributed by atoms with Crippen LogP contribution in [0.2, 0.25) is 0 Å².